The maximum atomic E-state index is 8.78. The first kappa shape index (κ1) is 11.9. The van der Waals surface area contributed by atoms with Gasteiger partial charge < -0.3 is 4.74 Å². The predicted molar refractivity (Wildman–Crippen MR) is 65.5 cm³/mol. The van der Waals surface area contributed by atoms with Gasteiger partial charge >= 0.3 is 0 Å². The Morgan fingerprint density at radius 3 is 2.82 bits per heavy atom. The Morgan fingerprint density at radius 2 is 2.12 bits per heavy atom. The quantitative estimate of drug-likeness (QED) is 0.784. The van der Waals surface area contributed by atoms with E-state index in [1.165, 1.54) is 6.42 Å². The zero-order valence-electron chi connectivity index (χ0n) is 10.4. The van der Waals surface area contributed by atoms with Crippen molar-refractivity contribution < 1.29 is 4.74 Å². The molecule has 0 radical (unpaired) electrons. The van der Waals surface area contributed by atoms with Crippen molar-refractivity contribution >= 4 is 0 Å². The average molecular weight is 230 g/mol. The average Bonchev–Trinajstić information content (AvgIpc) is 2.34. The highest BCUT2D eigenvalue weighted by atomic mass is 16.5. The zero-order chi connectivity index (χ0) is 12.3. The lowest BCUT2D eigenvalue weighted by Gasteiger charge is -2.31. The summed E-state index contributed by atoms with van der Waals surface area (Å²) in [6.07, 6.45) is 3.63. The minimum Gasteiger partial charge on any atom is -0.474 e. The van der Waals surface area contributed by atoms with Crippen LogP contribution in [0.1, 0.15) is 38.8 Å². The topological polar surface area (TPSA) is 45.9 Å². The molecule has 1 fully saturated rings. The first-order chi connectivity index (χ1) is 8.19. The molecule has 0 amide bonds. The van der Waals surface area contributed by atoms with E-state index in [0.29, 0.717) is 17.5 Å². The van der Waals surface area contributed by atoms with E-state index in [0.717, 1.165) is 18.8 Å². The van der Waals surface area contributed by atoms with E-state index in [2.05, 4.69) is 18.8 Å². The zero-order valence-corrected chi connectivity index (χ0v) is 10.4. The first-order valence-corrected chi connectivity index (χ1v) is 6.23. The molecule has 3 heteroatoms. The molecule has 3 unspecified atom stereocenters. The van der Waals surface area contributed by atoms with Gasteiger partial charge in [-0.3, -0.25) is 0 Å². The van der Waals surface area contributed by atoms with Gasteiger partial charge in [-0.1, -0.05) is 19.9 Å². The summed E-state index contributed by atoms with van der Waals surface area (Å²) < 4.78 is 5.85. The van der Waals surface area contributed by atoms with Gasteiger partial charge in [0.05, 0.1) is 0 Å². The van der Waals surface area contributed by atoms with Crippen molar-refractivity contribution in [3.8, 4) is 11.9 Å². The molecule has 2 rings (SSSR count). The predicted octanol–water partition coefficient (Wildman–Crippen LogP) is 3.16. The lowest BCUT2D eigenvalue weighted by molar-refractivity contribution is 0.0964. The summed E-state index contributed by atoms with van der Waals surface area (Å²) in [5, 5.41) is 8.78. The van der Waals surface area contributed by atoms with Crippen LogP contribution in [0.5, 0.6) is 5.88 Å². The Bertz CT molecular complexity index is 424. The fourth-order valence-corrected chi connectivity index (χ4v) is 2.32. The van der Waals surface area contributed by atoms with Crippen LogP contribution in [0.3, 0.4) is 0 Å². The second-order valence-corrected chi connectivity index (χ2v) is 4.98. The number of nitriles is 1. The van der Waals surface area contributed by atoms with E-state index in [9.17, 15) is 0 Å². The Morgan fingerprint density at radius 1 is 1.29 bits per heavy atom. The normalized spacial score (nSPS) is 28.4. The second kappa shape index (κ2) is 5.18. The summed E-state index contributed by atoms with van der Waals surface area (Å²) in [5.41, 5.74) is 0.416. The molecular weight excluding hydrogens is 212 g/mol. The number of rotatable bonds is 2. The van der Waals surface area contributed by atoms with Crippen molar-refractivity contribution in [2.75, 3.05) is 0 Å². The molecule has 0 bridgehead atoms. The molecule has 1 aliphatic carbocycles. The van der Waals surface area contributed by atoms with Gasteiger partial charge in [0.25, 0.3) is 0 Å². The van der Waals surface area contributed by atoms with E-state index < -0.39 is 0 Å². The summed E-state index contributed by atoms with van der Waals surface area (Å²) in [6.45, 7) is 4.58. The highest BCUT2D eigenvalue weighted by Gasteiger charge is 2.25. The molecule has 3 nitrogen and oxygen atoms in total. The molecule has 3 atom stereocenters. The summed E-state index contributed by atoms with van der Waals surface area (Å²) in [5.74, 6) is 2.07. The number of aromatic nitrogens is 1. The monoisotopic (exact) mass is 230 g/mol. The van der Waals surface area contributed by atoms with E-state index in [1.54, 1.807) is 6.07 Å². The molecule has 1 saturated carbocycles. The lowest BCUT2D eigenvalue weighted by atomic mass is 9.80. The fourth-order valence-electron chi connectivity index (χ4n) is 2.32. The van der Waals surface area contributed by atoms with E-state index in [1.807, 2.05) is 18.2 Å². The Labute approximate surface area is 102 Å². The largest absolute Gasteiger partial charge is 0.474 e. The van der Waals surface area contributed by atoms with Gasteiger partial charge in [-0.15, -0.1) is 0 Å². The van der Waals surface area contributed by atoms with Crippen molar-refractivity contribution in [2.45, 2.75) is 39.2 Å². The molecular formula is C14H18N2O. The van der Waals surface area contributed by atoms with Crippen LogP contribution in [-0.4, -0.2) is 11.1 Å². The van der Waals surface area contributed by atoms with Crippen LogP contribution in [0, 0.1) is 23.2 Å². The van der Waals surface area contributed by atoms with Crippen molar-refractivity contribution in [1.29, 1.82) is 5.26 Å². The number of hydrogen-bond acceptors (Lipinski definition) is 3. The van der Waals surface area contributed by atoms with Gasteiger partial charge in [0.15, 0.2) is 0 Å². The number of ether oxygens (including phenoxy) is 1. The molecule has 17 heavy (non-hydrogen) atoms. The summed E-state index contributed by atoms with van der Waals surface area (Å²) in [6, 6.07) is 7.36. The van der Waals surface area contributed by atoms with Crippen LogP contribution in [-0.2, 0) is 0 Å². The third-order valence-corrected chi connectivity index (χ3v) is 3.68. The molecule has 0 aromatic carbocycles. The second-order valence-electron chi connectivity index (χ2n) is 4.98. The van der Waals surface area contributed by atoms with Crippen molar-refractivity contribution in [3.63, 3.8) is 0 Å². The summed E-state index contributed by atoms with van der Waals surface area (Å²) in [7, 11) is 0. The maximum absolute atomic E-state index is 8.78. The van der Waals surface area contributed by atoms with Crippen molar-refractivity contribution in [1.82, 2.24) is 4.98 Å². The SMILES string of the molecule is CC1CCC(Oc2cccc(C#N)n2)CC1C. The maximum Gasteiger partial charge on any atom is 0.214 e. The van der Waals surface area contributed by atoms with Gasteiger partial charge in [-0.2, -0.15) is 5.26 Å². The molecule has 0 saturated heterocycles. The molecule has 1 aliphatic rings. The molecule has 0 N–H and O–H groups in total. The minimum atomic E-state index is 0.252. The standard InChI is InChI=1S/C14H18N2O/c1-10-6-7-13(8-11(10)2)17-14-5-3-4-12(9-15)16-14/h3-5,10-11,13H,6-8H2,1-2H3. The molecule has 1 aromatic heterocycles. The summed E-state index contributed by atoms with van der Waals surface area (Å²) >= 11 is 0. The Hall–Kier alpha value is -1.56. The van der Waals surface area contributed by atoms with Gasteiger partial charge in [0.1, 0.15) is 17.9 Å². The molecule has 0 spiro atoms. The Kier molecular flexibility index (Phi) is 3.63. The number of pyridine rings is 1. The smallest absolute Gasteiger partial charge is 0.214 e. The van der Waals surface area contributed by atoms with Crippen LogP contribution >= 0.6 is 0 Å². The third-order valence-electron chi connectivity index (χ3n) is 3.68. The third kappa shape index (κ3) is 2.97. The van der Waals surface area contributed by atoms with Crippen LogP contribution in [0.15, 0.2) is 18.2 Å². The van der Waals surface area contributed by atoms with Crippen molar-refractivity contribution in [3.05, 3.63) is 23.9 Å². The molecule has 1 aromatic rings. The fraction of sp³-hybridized carbons (Fsp3) is 0.571. The van der Waals surface area contributed by atoms with Crippen molar-refractivity contribution in [2.24, 2.45) is 11.8 Å². The van der Waals surface area contributed by atoms with Gasteiger partial charge in [0.2, 0.25) is 5.88 Å². The van der Waals surface area contributed by atoms with Crippen LogP contribution in [0.2, 0.25) is 0 Å². The van der Waals surface area contributed by atoms with Gasteiger partial charge in [0, 0.05) is 6.07 Å². The van der Waals surface area contributed by atoms with Gasteiger partial charge in [-0.25, -0.2) is 4.98 Å². The van der Waals surface area contributed by atoms with Gasteiger partial charge in [-0.05, 0) is 37.2 Å². The number of nitrogens with zero attached hydrogens (tertiary/aromatic N) is 2. The number of hydrogen-bond donors (Lipinski definition) is 0. The van der Waals surface area contributed by atoms with Crippen LogP contribution in [0.4, 0.5) is 0 Å². The van der Waals surface area contributed by atoms with E-state index >= 15 is 0 Å². The minimum absolute atomic E-state index is 0.252. The lowest BCUT2D eigenvalue weighted by Crippen LogP contribution is -2.29. The van der Waals surface area contributed by atoms with E-state index in [-0.39, 0.29) is 6.10 Å². The summed E-state index contributed by atoms with van der Waals surface area (Å²) in [4.78, 5) is 4.15. The Balaban J connectivity index is 1.99. The van der Waals surface area contributed by atoms with E-state index in [4.69, 9.17) is 10.00 Å². The van der Waals surface area contributed by atoms with Crippen LogP contribution < -0.4 is 4.74 Å². The molecule has 90 valence electrons. The molecule has 1 heterocycles. The highest BCUT2D eigenvalue weighted by Crippen LogP contribution is 2.31. The molecule has 0 aliphatic heterocycles. The van der Waals surface area contributed by atoms with Crippen LogP contribution in [0.25, 0.3) is 0 Å². The highest BCUT2D eigenvalue weighted by molar-refractivity contribution is 5.24. The first-order valence-electron chi connectivity index (χ1n) is 6.23.